The summed E-state index contributed by atoms with van der Waals surface area (Å²) in [4.78, 5) is 13.5. The molecule has 0 atom stereocenters. The molecule has 0 radical (unpaired) electrons. The highest BCUT2D eigenvalue weighted by Gasteiger charge is 2.33. The summed E-state index contributed by atoms with van der Waals surface area (Å²) >= 11 is 0. The number of halogens is 3. The monoisotopic (exact) mass is 311 g/mol. The van der Waals surface area contributed by atoms with Crippen molar-refractivity contribution in [2.45, 2.75) is 12.2 Å². The molecule has 1 fully saturated rings. The zero-order chi connectivity index (χ0) is 15.7. The van der Waals surface area contributed by atoms with Gasteiger partial charge in [0.05, 0.1) is 17.8 Å². The molecule has 2 amide bonds. The van der Waals surface area contributed by atoms with Crippen LogP contribution in [0.4, 0.5) is 23.7 Å². The Morgan fingerprint density at radius 1 is 1.23 bits per heavy atom. The van der Waals surface area contributed by atoms with E-state index in [-0.39, 0.29) is 12.1 Å². The number of nitrogens with zero attached hydrogens (tertiary/aromatic N) is 4. The van der Waals surface area contributed by atoms with Gasteiger partial charge < -0.3 is 10.2 Å². The zero-order valence-corrected chi connectivity index (χ0v) is 11.3. The smallest absolute Gasteiger partial charge is 0.320 e. The van der Waals surface area contributed by atoms with Gasteiger partial charge in [0.1, 0.15) is 0 Å². The van der Waals surface area contributed by atoms with Crippen LogP contribution in [-0.2, 0) is 6.18 Å². The number of likely N-dealkylation sites (tertiary alicyclic amines) is 1. The van der Waals surface area contributed by atoms with Crippen LogP contribution in [0.25, 0.3) is 0 Å². The molecule has 0 unspecified atom stereocenters. The summed E-state index contributed by atoms with van der Waals surface area (Å²) in [5, 5.41) is 10.1. The molecule has 1 N–H and O–H groups in total. The molecule has 9 heteroatoms. The Balaban J connectivity index is 1.55. The van der Waals surface area contributed by atoms with E-state index in [2.05, 4.69) is 15.6 Å². The van der Waals surface area contributed by atoms with Gasteiger partial charge in [0, 0.05) is 25.0 Å². The minimum absolute atomic E-state index is 0.0841. The summed E-state index contributed by atoms with van der Waals surface area (Å²) in [6.07, 6.45) is -1.11. The van der Waals surface area contributed by atoms with Crippen LogP contribution in [0, 0.1) is 0 Å². The SMILES string of the molecule is O=C(Nc1ccc(C(F)(F)F)cc1)N1CC(n2ccnn2)C1. The fraction of sp³-hybridized carbons (Fsp3) is 0.308. The van der Waals surface area contributed by atoms with Gasteiger partial charge in [0.15, 0.2) is 0 Å². The normalized spacial score (nSPS) is 15.5. The molecule has 1 aliphatic rings. The first kappa shape index (κ1) is 14.4. The van der Waals surface area contributed by atoms with Crippen LogP contribution >= 0.6 is 0 Å². The van der Waals surface area contributed by atoms with Crippen LogP contribution in [-0.4, -0.2) is 39.0 Å². The molecule has 2 heterocycles. The van der Waals surface area contributed by atoms with Crippen molar-refractivity contribution in [2.75, 3.05) is 18.4 Å². The Morgan fingerprint density at radius 3 is 2.45 bits per heavy atom. The third kappa shape index (κ3) is 2.87. The lowest BCUT2D eigenvalue weighted by Gasteiger charge is -2.38. The van der Waals surface area contributed by atoms with Gasteiger partial charge in [-0.05, 0) is 24.3 Å². The summed E-state index contributed by atoms with van der Waals surface area (Å²) in [7, 11) is 0. The lowest BCUT2D eigenvalue weighted by molar-refractivity contribution is -0.137. The van der Waals surface area contributed by atoms with Crippen LogP contribution in [0.15, 0.2) is 36.7 Å². The molecular formula is C13H12F3N5O. The van der Waals surface area contributed by atoms with E-state index in [1.807, 2.05) is 0 Å². The van der Waals surface area contributed by atoms with E-state index in [0.717, 1.165) is 12.1 Å². The van der Waals surface area contributed by atoms with Crippen molar-refractivity contribution in [3.63, 3.8) is 0 Å². The van der Waals surface area contributed by atoms with E-state index in [9.17, 15) is 18.0 Å². The van der Waals surface area contributed by atoms with Crippen molar-refractivity contribution in [3.8, 4) is 0 Å². The Morgan fingerprint density at radius 2 is 1.91 bits per heavy atom. The van der Waals surface area contributed by atoms with E-state index in [1.165, 1.54) is 12.1 Å². The highest BCUT2D eigenvalue weighted by atomic mass is 19.4. The van der Waals surface area contributed by atoms with Crippen LogP contribution < -0.4 is 5.32 Å². The van der Waals surface area contributed by atoms with Gasteiger partial charge in [0.2, 0.25) is 0 Å². The maximum atomic E-state index is 12.4. The Labute approximate surface area is 123 Å². The van der Waals surface area contributed by atoms with Crippen LogP contribution in [0.1, 0.15) is 11.6 Å². The number of hydrogen-bond donors (Lipinski definition) is 1. The van der Waals surface area contributed by atoms with Crippen molar-refractivity contribution in [1.29, 1.82) is 0 Å². The molecule has 1 aromatic carbocycles. The van der Waals surface area contributed by atoms with Gasteiger partial charge in [-0.25, -0.2) is 9.48 Å². The fourth-order valence-electron chi connectivity index (χ4n) is 2.15. The van der Waals surface area contributed by atoms with E-state index in [0.29, 0.717) is 18.8 Å². The molecule has 3 rings (SSSR count). The molecular weight excluding hydrogens is 299 g/mol. The highest BCUT2D eigenvalue weighted by molar-refractivity contribution is 5.89. The van der Waals surface area contributed by atoms with Crippen LogP contribution in [0.5, 0.6) is 0 Å². The molecule has 116 valence electrons. The van der Waals surface area contributed by atoms with E-state index in [4.69, 9.17) is 0 Å². The number of amides is 2. The second-order valence-electron chi connectivity index (χ2n) is 4.95. The lowest BCUT2D eigenvalue weighted by Crippen LogP contribution is -2.52. The van der Waals surface area contributed by atoms with Gasteiger partial charge in [-0.1, -0.05) is 5.21 Å². The number of carbonyl (C=O) groups is 1. The van der Waals surface area contributed by atoms with Gasteiger partial charge in [0.25, 0.3) is 0 Å². The fourth-order valence-corrected chi connectivity index (χ4v) is 2.15. The predicted octanol–water partition coefficient (Wildman–Crippen LogP) is 2.39. The summed E-state index contributed by atoms with van der Waals surface area (Å²) in [5.74, 6) is 0. The number of aromatic nitrogens is 3. The summed E-state index contributed by atoms with van der Waals surface area (Å²) in [6, 6.07) is 4.07. The maximum Gasteiger partial charge on any atom is 0.416 e. The second-order valence-corrected chi connectivity index (χ2v) is 4.95. The summed E-state index contributed by atoms with van der Waals surface area (Å²) in [5.41, 5.74) is -0.428. The van der Waals surface area contributed by atoms with Crippen molar-refractivity contribution in [2.24, 2.45) is 0 Å². The molecule has 22 heavy (non-hydrogen) atoms. The molecule has 0 spiro atoms. The highest BCUT2D eigenvalue weighted by Crippen LogP contribution is 2.30. The third-order valence-corrected chi connectivity index (χ3v) is 3.43. The summed E-state index contributed by atoms with van der Waals surface area (Å²) in [6.45, 7) is 0.964. The first-order valence-electron chi connectivity index (χ1n) is 6.52. The Hall–Kier alpha value is -2.58. The van der Waals surface area contributed by atoms with Crippen LogP contribution in [0.3, 0.4) is 0 Å². The minimum atomic E-state index is -4.38. The Bertz CT molecular complexity index is 647. The number of carbonyl (C=O) groups excluding carboxylic acids is 1. The predicted molar refractivity (Wildman–Crippen MR) is 71.1 cm³/mol. The molecule has 1 aliphatic heterocycles. The summed E-state index contributed by atoms with van der Waals surface area (Å²) < 4.78 is 39.0. The Kier molecular flexibility index (Phi) is 3.47. The van der Waals surface area contributed by atoms with E-state index >= 15 is 0 Å². The number of benzene rings is 1. The molecule has 0 saturated carbocycles. The minimum Gasteiger partial charge on any atom is -0.320 e. The van der Waals surface area contributed by atoms with Gasteiger partial charge in [-0.2, -0.15) is 13.2 Å². The largest absolute Gasteiger partial charge is 0.416 e. The van der Waals surface area contributed by atoms with E-state index < -0.39 is 11.7 Å². The van der Waals surface area contributed by atoms with Crippen molar-refractivity contribution in [3.05, 3.63) is 42.2 Å². The first-order chi connectivity index (χ1) is 10.4. The number of rotatable bonds is 2. The molecule has 1 saturated heterocycles. The van der Waals surface area contributed by atoms with Crippen molar-refractivity contribution in [1.82, 2.24) is 19.9 Å². The van der Waals surface area contributed by atoms with Crippen molar-refractivity contribution >= 4 is 11.7 Å². The molecule has 6 nitrogen and oxygen atoms in total. The van der Waals surface area contributed by atoms with Crippen molar-refractivity contribution < 1.29 is 18.0 Å². The maximum absolute atomic E-state index is 12.4. The third-order valence-electron chi connectivity index (χ3n) is 3.43. The second kappa shape index (κ2) is 5.32. The number of urea groups is 1. The first-order valence-corrected chi connectivity index (χ1v) is 6.52. The number of alkyl halides is 3. The van der Waals surface area contributed by atoms with E-state index in [1.54, 1.807) is 22.0 Å². The molecule has 0 aliphatic carbocycles. The number of nitrogens with one attached hydrogen (secondary N) is 1. The molecule has 1 aromatic heterocycles. The standard InChI is InChI=1S/C13H12F3N5O/c14-13(15,16)9-1-3-10(4-2-9)18-12(22)20-7-11(8-20)21-6-5-17-19-21/h1-6,11H,7-8H2,(H,18,22). The lowest BCUT2D eigenvalue weighted by atomic mass is 10.1. The average Bonchev–Trinajstić information content (AvgIpc) is 2.90. The number of hydrogen-bond acceptors (Lipinski definition) is 3. The topological polar surface area (TPSA) is 63.1 Å². The van der Waals surface area contributed by atoms with Gasteiger partial charge in [-0.15, -0.1) is 5.10 Å². The van der Waals surface area contributed by atoms with Gasteiger partial charge >= 0.3 is 12.2 Å². The quantitative estimate of drug-likeness (QED) is 0.926. The number of anilines is 1. The van der Waals surface area contributed by atoms with Crippen LogP contribution in [0.2, 0.25) is 0 Å². The van der Waals surface area contributed by atoms with Gasteiger partial charge in [-0.3, -0.25) is 0 Å². The molecule has 2 aromatic rings. The molecule has 0 bridgehead atoms. The average molecular weight is 311 g/mol. The zero-order valence-electron chi connectivity index (χ0n) is 11.3.